The van der Waals surface area contributed by atoms with E-state index in [1.165, 1.54) is 37.0 Å². The zero-order valence-electron chi connectivity index (χ0n) is 30.2. The van der Waals surface area contributed by atoms with Crippen LogP contribution in [-0.2, 0) is 19.1 Å². The molecule has 0 amide bonds. The topological polar surface area (TPSA) is 52.6 Å². The fourth-order valence-electron chi connectivity index (χ4n) is 3.77. The highest BCUT2D eigenvalue weighted by atomic mass is 127. The number of rotatable bonds is 25. The van der Waals surface area contributed by atoms with Crippen molar-refractivity contribution in [3.63, 3.8) is 0 Å². The fraction of sp³-hybridized carbons (Fsp3) is 0.923. The summed E-state index contributed by atoms with van der Waals surface area (Å²) in [5.41, 5.74) is 0. The number of carbonyl (C=O) groups is 2. The molecule has 0 saturated carbocycles. The number of quaternary nitrogens is 1. The van der Waals surface area contributed by atoms with Crippen LogP contribution in [0.15, 0.2) is 0 Å². The van der Waals surface area contributed by atoms with E-state index in [0.29, 0.717) is 0 Å². The molecule has 39 heteroatoms. The SMILES string of the molecule is C[N+](C)(I)CCSC(CC(=O)OCC(F)(F)C(F)(F)C(F)(F)C(F)(F)C(F)(F)C(F)(F)C(F)(F)C(F)F)C(=O)OCC(F)(F)C(F)(F)C(F)(F)C(F)(F)C(F)(F)C(F)(F)C(F)(F)C(F)F. The Kier molecular flexibility index (Phi) is 17.9. The van der Waals surface area contributed by atoms with Gasteiger partial charge in [0, 0.05) is 5.75 Å². The molecule has 0 rings (SSSR count). The molecule has 1 unspecified atom stereocenters. The Labute approximate surface area is 355 Å². The van der Waals surface area contributed by atoms with Crippen molar-refractivity contribution in [2.24, 2.45) is 0 Å². The van der Waals surface area contributed by atoms with Crippen molar-refractivity contribution in [1.29, 1.82) is 0 Å². The van der Waals surface area contributed by atoms with Crippen LogP contribution in [0.1, 0.15) is 6.42 Å². The largest absolute Gasteiger partial charge is 0.459 e. The van der Waals surface area contributed by atoms with Crippen molar-refractivity contribution in [3.8, 4) is 0 Å². The first-order valence-corrected chi connectivity index (χ1v) is 17.3. The molecule has 1 atom stereocenters. The van der Waals surface area contributed by atoms with Gasteiger partial charge in [0.15, 0.2) is 13.2 Å². The molecule has 0 fully saturated rings. The molecule has 0 bridgehead atoms. The van der Waals surface area contributed by atoms with E-state index in [4.69, 9.17) is 0 Å². The van der Waals surface area contributed by atoms with E-state index in [-0.39, 0.29) is 14.5 Å². The molecule has 0 aromatic rings. The molecule has 0 aliphatic carbocycles. The van der Waals surface area contributed by atoms with Gasteiger partial charge >= 0.3 is 108 Å². The minimum absolute atomic E-state index is 0.316. The number of halogens is 33. The molecule has 0 radical (unpaired) electrons. The van der Waals surface area contributed by atoms with Gasteiger partial charge in [0.2, 0.25) is 22.9 Å². The fourth-order valence-corrected chi connectivity index (χ4v) is 5.65. The van der Waals surface area contributed by atoms with Gasteiger partial charge in [-0.2, -0.15) is 123 Å². The van der Waals surface area contributed by atoms with Gasteiger partial charge in [-0.25, -0.2) is 17.6 Å². The van der Waals surface area contributed by atoms with E-state index in [2.05, 4.69) is 9.47 Å². The van der Waals surface area contributed by atoms with E-state index in [0.717, 1.165) is 0 Å². The number of hydrogen-bond acceptors (Lipinski definition) is 5. The highest BCUT2D eigenvalue weighted by molar-refractivity contribution is 14.1. The number of carbonyl (C=O) groups excluding carboxylic acids is 2. The lowest BCUT2D eigenvalue weighted by Gasteiger charge is -2.42. The standard InChI is InChI=1S/C26H19F32INO4S/c1-60(2,59)3-4-65-8(10(62)64-7-14(33,34)18(41,42)22(49,50)26(57,58)24(53,54)20(45,46)16(37,38)12(29)30)5-9(61)63-6-13(31,32)17(39,40)21(47,48)25(55,56)23(51,52)19(43,44)15(35,36)11(27)28/h8,11-12H,3-7H2,1-2H3/q+1. The van der Waals surface area contributed by atoms with Crippen LogP contribution in [0.25, 0.3) is 0 Å². The molecule has 0 aromatic heterocycles. The zero-order chi connectivity index (χ0) is 53.0. The quantitative estimate of drug-likeness (QED) is 0.0395. The lowest BCUT2D eigenvalue weighted by atomic mass is 9.89. The summed E-state index contributed by atoms with van der Waals surface area (Å²) < 4.78 is 440. The molecular formula is C26H19F32INO4S+. The maximum Gasteiger partial charge on any atom is 0.385 e. The molecule has 388 valence electrons. The van der Waals surface area contributed by atoms with Gasteiger partial charge in [0.25, 0.3) is 0 Å². The molecule has 0 saturated heterocycles. The summed E-state index contributed by atoms with van der Waals surface area (Å²) in [5, 5.41) is -2.96. The first-order valence-electron chi connectivity index (χ1n) is 15.3. The third-order valence-electron chi connectivity index (χ3n) is 7.83. The van der Waals surface area contributed by atoms with Crippen LogP contribution in [0.4, 0.5) is 140 Å². The second kappa shape index (κ2) is 18.6. The van der Waals surface area contributed by atoms with Gasteiger partial charge < -0.3 is 9.47 Å². The van der Waals surface area contributed by atoms with Gasteiger partial charge in [-0.05, 0) is 0 Å². The number of nitrogens with zero attached hydrogens (tertiary/aromatic N) is 1. The molecule has 0 aromatic carbocycles. The summed E-state index contributed by atoms with van der Waals surface area (Å²) in [6.45, 7) is -8.24. The first-order chi connectivity index (χ1) is 28.0. The molecule has 0 aliphatic heterocycles. The maximum absolute atomic E-state index is 14.3. The van der Waals surface area contributed by atoms with Crippen molar-refractivity contribution >= 4 is 46.6 Å². The molecule has 65 heavy (non-hydrogen) atoms. The first kappa shape index (κ1) is 62.7. The molecule has 0 aliphatic rings. The van der Waals surface area contributed by atoms with Gasteiger partial charge in [0.1, 0.15) is 5.25 Å². The number of esters is 2. The molecule has 0 spiro atoms. The average molecular weight is 1180 g/mol. The predicted octanol–water partition coefficient (Wildman–Crippen LogP) is 11.4. The maximum atomic E-state index is 14.3. The predicted molar refractivity (Wildman–Crippen MR) is 155 cm³/mol. The Hall–Kier alpha value is -2.26. The second-order valence-corrected chi connectivity index (χ2v) is 17.0. The smallest absolute Gasteiger partial charge is 0.385 e. The lowest BCUT2D eigenvalue weighted by Crippen LogP contribution is -2.74. The van der Waals surface area contributed by atoms with Gasteiger partial charge in [-0.1, -0.05) is 0 Å². The van der Waals surface area contributed by atoms with Crippen molar-refractivity contribution in [2.75, 3.05) is 39.6 Å². The Morgan fingerprint density at radius 1 is 0.462 bits per heavy atom. The summed E-state index contributed by atoms with van der Waals surface area (Å²) in [5.74, 6) is -124. The van der Waals surface area contributed by atoms with Crippen LogP contribution in [0, 0.1) is 0 Å². The summed E-state index contributed by atoms with van der Waals surface area (Å²) in [6.07, 6.45) is -14.7. The Balaban J connectivity index is 6.72. The number of hydrogen-bond donors (Lipinski definition) is 0. The van der Waals surface area contributed by atoms with Crippen molar-refractivity contribution in [1.82, 2.24) is 0 Å². The van der Waals surface area contributed by atoms with Crippen LogP contribution in [0.3, 0.4) is 0 Å². The van der Waals surface area contributed by atoms with Crippen LogP contribution < -0.4 is 0 Å². The van der Waals surface area contributed by atoms with Crippen molar-refractivity contribution in [2.45, 2.75) is 107 Å². The Bertz CT molecular complexity index is 1660. The summed E-state index contributed by atoms with van der Waals surface area (Å²) in [6, 6.07) is 0. The molecular weight excluding hydrogens is 1160 g/mol. The minimum Gasteiger partial charge on any atom is -0.459 e. The van der Waals surface area contributed by atoms with E-state index >= 15 is 0 Å². The van der Waals surface area contributed by atoms with Crippen LogP contribution >= 0.6 is 34.6 Å². The van der Waals surface area contributed by atoms with Gasteiger partial charge in [0.05, 0.1) is 27.1 Å². The van der Waals surface area contributed by atoms with Crippen LogP contribution in [-0.4, -0.2) is 155 Å². The monoisotopic (exact) mass is 1180 g/mol. The Morgan fingerprint density at radius 3 is 1.00 bits per heavy atom. The molecule has 0 N–H and O–H groups in total. The van der Waals surface area contributed by atoms with E-state index in [1.54, 1.807) is 0 Å². The van der Waals surface area contributed by atoms with Gasteiger partial charge in [-0.15, -0.1) is 11.8 Å². The van der Waals surface area contributed by atoms with E-state index < -0.39 is 145 Å². The Morgan fingerprint density at radius 2 is 0.723 bits per heavy atom. The average Bonchev–Trinajstić information content (AvgIpc) is 3.10. The summed E-state index contributed by atoms with van der Waals surface area (Å²) in [4.78, 5) is 24.5. The van der Waals surface area contributed by atoms with Crippen molar-refractivity contribution < 1.29 is 162 Å². The normalized spacial score (nSPS) is 16.3. The van der Waals surface area contributed by atoms with E-state index in [9.17, 15) is 150 Å². The zero-order valence-corrected chi connectivity index (χ0v) is 33.2. The van der Waals surface area contributed by atoms with E-state index in [1.807, 2.05) is 0 Å². The van der Waals surface area contributed by atoms with Gasteiger partial charge in [-0.3, -0.25) is 12.3 Å². The highest BCUT2D eigenvalue weighted by Crippen LogP contribution is 2.64. The van der Waals surface area contributed by atoms with Crippen LogP contribution in [0.5, 0.6) is 0 Å². The molecule has 5 nitrogen and oxygen atoms in total. The number of thioether (sulfide) groups is 1. The van der Waals surface area contributed by atoms with Crippen LogP contribution in [0.2, 0.25) is 0 Å². The molecule has 0 heterocycles. The third-order valence-corrected chi connectivity index (χ3v) is 9.49. The lowest BCUT2D eigenvalue weighted by molar-refractivity contribution is -0.703. The number of alkyl halides is 32. The van der Waals surface area contributed by atoms with Crippen molar-refractivity contribution in [3.05, 3.63) is 0 Å². The highest BCUT2D eigenvalue weighted by Gasteiger charge is 2.95. The summed E-state index contributed by atoms with van der Waals surface area (Å²) in [7, 11) is 2.44. The number of ether oxygens (including phenoxy) is 2. The second-order valence-electron chi connectivity index (χ2n) is 13.1. The minimum atomic E-state index is -8.92. The third kappa shape index (κ3) is 10.5. The summed E-state index contributed by atoms with van der Waals surface area (Å²) >= 11 is 1.17.